The van der Waals surface area contributed by atoms with Gasteiger partial charge in [0.1, 0.15) is 5.75 Å². The molecule has 0 bridgehead atoms. The molecule has 2 amide bonds. The summed E-state index contributed by atoms with van der Waals surface area (Å²) < 4.78 is 23.8. The van der Waals surface area contributed by atoms with Crippen LogP contribution in [-0.4, -0.2) is 90.1 Å². The lowest BCUT2D eigenvalue weighted by molar-refractivity contribution is -0.0177. The number of aliphatic hydroxyl groups excluding tert-OH is 1. The number of ether oxygens (including phenoxy) is 4. The molecule has 11 nitrogen and oxygen atoms in total. The molecule has 11 heteroatoms. The molecule has 0 radical (unpaired) electrons. The molecule has 0 aliphatic carbocycles. The highest BCUT2D eigenvalue weighted by molar-refractivity contribution is 6.05. The number of anilines is 1. The van der Waals surface area contributed by atoms with Crippen molar-refractivity contribution in [3.05, 3.63) is 77.6 Å². The molecule has 0 saturated heterocycles. The van der Waals surface area contributed by atoms with E-state index >= 15 is 0 Å². The summed E-state index contributed by atoms with van der Waals surface area (Å²) in [6.07, 6.45) is 5.37. The summed E-state index contributed by atoms with van der Waals surface area (Å²) in [5.41, 5.74) is 2.35. The Hall–Kier alpha value is -4.19. The van der Waals surface area contributed by atoms with Gasteiger partial charge >= 0.3 is 0 Å². The molecule has 2 N–H and O–H groups in total. The first-order valence-corrected chi connectivity index (χ1v) is 16.3. The molecular formula is C36H46N4O7. The van der Waals surface area contributed by atoms with Crippen molar-refractivity contribution < 1.29 is 33.6 Å². The van der Waals surface area contributed by atoms with Crippen LogP contribution in [0.15, 0.2) is 60.9 Å². The predicted octanol–water partition coefficient (Wildman–Crippen LogP) is 4.99. The molecule has 0 fully saturated rings. The Labute approximate surface area is 276 Å². The SMILES string of the molecule is C[C@@H]1CN([C@H](C)CO)C(=O)c2cc(NC(=O)c3ccncc3)ccc2O[C@@H](C)CCCCO[C@@H]1CN(C)Cc1ccc2c(c1)OCO2. The number of amides is 2. The molecule has 5 rings (SSSR count). The van der Waals surface area contributed by atoms with Crippen LogP contribution < -0.4 is 19.5 Å². The molecular weight excluding hydrogens is 600 g/mol. The molecule has 2 aliphatic heterocycles. The number of fused-ring (bicyclic) bond motifs is 2. The third kappa shape index (κ3) is 9.00. The quantitative estimate of drug-likeness (QED) is 0.349. The van der Waals surface area contributed by atoms with Gasteiger partial charge in [-0.05, 0) is 88.2 Å². The Morgan fingerprint density at radius 1 is 1.06 bits per heavy atom. The molecule has 4 atom stereocenters. The summed E-state index contributed by atoms with van der Waals surface area (Å²) >= 11 is 0. The molecule has 0 spiro atoms. The first-order valence-electron chi connectivity index (χ1n) is 16.3. The van der Waals surface area contributed by atoms with Crippen LogP contribution in [0.3, 0.4) is 0 Å². The van der Waals surface area contributed by atoms with Crippen LogP contribution in [-0.2, 0) is 11.3 Å². The number of aromatic nitrogens is 1. The average molecular weight is 647 g/mol. The van der Waals surface area contributed by atoms with Gasteiger partial charge in [-0.15, -0.1) is 0 Å². The largest absolute Gasteiger partial charge is 0.490 e. The fourth-order valence-corrected chi connectivity index (χ4v) is 5.89. The summed E-state index contributed by atoms with van der Waals surface area (Å²) in [4.78, 5) is 35.2. The number of pyridine rings is 1. The van der Waals surface area contributed by atoms with Gasteiger partial charge < -0.3 is 34.3 Å². The zero-order chi connectivity index (χ0) is 33.3. The van der Waals surface area contributed by atoms with E-state index in [1.54, 1.807) is 47.6 Å². The van der Waals surface area contributed by atoms with Crippen LogP contribution in [0.5, 0.6) is 17.2 Å². The number of likely N-dealkylation sites (N-methyl/N-ethyl adjacent to an activating group) is 1. The summed E-state index contributed by atoms with van der Waals surface area (Å²) in [6.45, 7) is 8.21. The van der Waals surface area contributed by atoms with Gasteiger partial charge in [-0.1, -0.05) is 13.0 Å². The maximum absolute atomic E-state index is 14.4. The third-order valence-corrected chi connectivity index (χ3v) is 8.63. The van der Waals surface area contributed by atoms with Gasteiger partial charge in [-0.2, -0.15) is 0 Å². The van der Waals surface area contributed by atoms with E-state index in [4.69, 9.17) is 18.9 Å². The minimum atomic E-state index is -0.467. The second kappa shape index (κ2) is 16.1. The van der Waals surface area contributed by atoms with E-state index in [9.17, 15) is 14.7 Å². The second-order valence-corrected chi connectivity index (χ2v) is 12.6. The van der Waals surface area contributed by atoms with Gasteiger partial charge in [-0.25, -0.2) is 0 Å². The fourth-order valence-electron chi connectivity index (χ4n) is 5.89. The van der Waals surface area contributed by atoms with Crippen LogP contribution in [0, 0.1) is 5.92 Å². The van der Waals surface area contributed by atoms with E-state index in [0.717, 1.165) is 36.3 Å². The molecule has 0 unspecified atom stereocenters. The van der Waals surface area contributed by atoms with E-state index in [0.29, 0.717) is 48.8 Å². The standard InChI is InChI=1S/C36H46N4O7/c1-24-19-40(25(2)22-41)36(43)30-18-29(38-35(42)28-12-14-37-15-13-28)9-11-31(30)47-26(3)7-5-6-16-44-34(24)21-39(4)20-27-8-10-32-33(17-27)46-23-45-32/h8-15,17-18,24-26,34,41H,5-7,16,19-23H2,1-4H3,(H,38,42)/t24-,25-,26+,34-/m1/s1. The first kappa shape index (κ1) is 34.2. The number of carbonyl (C=O) groups excluding carboxylic acids is 2. The molecule has 1 aromatic heterocycles. The average Bonchev–Trinajstić information content (AvgIpc) is 3.54. The number of hydrogen-bond donors (Lipinski definition) is 2. The van der Waals surface area contributed by atoms with Gasteiger partial charge in [0.25, 0.3) is 11.8 Å². The first-order chi connectivity index (χ1) is 22.7. The van der Waals surface area contributed by atoms with Gasteiger partial charge in [0.05, 0.1) is 30.4 Å². The van der Waals surface area contributed by atoms with Crippen molar-refractivity contribution in [2.45, 2.75) is 64.8 Å². The number of nitrogens with zero attached hydrogens (tertiary/aromatic N) is 3. The minimum absolute atomic E-state index is 0.0621. The van der Waals surface area contributed by atoms with E-state index in [2.05, 4.69) is 29.2 Å². The lowest BCUT2D eigenvalue weighted by Crippen LogP contribution is -2.47. The van der Waals surface area contributed by atoms with Crippen LogP contribution in [0.2, 0.25) is 0 Å². The molecule has 3 heterocycles. The number of benzene rings is 2. The Balaban J connectivity index is 1.38. The van der Waals surface area contributed by atoms with E-state index in [1.807, 2.05) is 32.0 Å². The fraction of sp³-hybridized carbons (Fsp3) is 0.472. The Bertz CT molecular complexity index is 1500. The Kier molecular flexibility index (Phi) is 11.7. The smallest absolute Gasteiger partial charge is 0.258 e. The zero-order valence-corrected chi connectivity index (χ0v) is 27.7. The summed E-state index contributed by atoms with van der Waals surface area (Å²) in [7, 11) is 2.06. The number of nitrogens with one attached hydrogen (secondary N) is 1. The third-order valence-electron chi connectivity index (χ3n) is 8.63. The Morgan fingerprint density at radius 3 is 2.62 bits per heavy atom. The Morgan fingerprint density at radius 2 is 1.83 bits per heavy atom. The predicted molar refractivity (Wildman–Crippen MR) is 178 cm³/mol. The number of aliphatic hydroxyl groups is 1. The molecule has 2 aromatic carbocycles. The van der Waals surface area contributed by atoms with Gasteiger partial charge in [0.15, 0.2) is 11.5 Å². The van der Waals surface area contributed by atoms with Crippen molar-refractivity contribution in [2.24, 2.45) is 5.92 Å². The minimum Gasteiger partial charge on any atom is -0.490 e. The topological polar surface area (TPSA) is 123 Å². The van der Waals surface area contributed by atoms with E-state index in [-0.39, 0.29) is 43.3 Å². The van der Waals surface area contributed by atoms with Gasteiger partial charge in [-0.3, -0.25) is 19.5 Å². The van der Waals surface area contributed by atoms with Gasteiger partial charge in [0.2, 0.25) is 6.79 Å². The molecule has 252 valence electrons. The molecule has 2 aliphatic rings. The second-order valence-electron chi connectivity index (χ2n) is 12.6. The molecule has 3 aromatic rings. The zero-order valence-electron chi connectivity index (χ0n) is 27.7. The highest BCUT2D eigenvalue weighted by Crippen LogP contribution is 2.33. The van der Waals surface area contributed by atoms with Crippen LogP contribution >= 0.6 is 0 Å². The monoisotopic (exact) mass is 646 g/mol. The van der Waals surface area contributed by atoms with E-state index in [1.165, 1.54) is 0 Å². The van der Waals surface area contributed by atoms with Crippen LogP contribution in [0.4, 0.5) is 5.69 Å². The number of rotatable bonds is 8. The van der Waals surface area contributed by atoms with E-state index < -0.39 is 6.04 Å². The van der Waals surface area contributed by atoms with Crippen molar-refractivity contribution in [1.82, 2.24) is 14.8 Å². The maximum Gasteiger partial charge on any atom is 0.258 e. The van der Waals surface area contributed by atoms with Crippen LogP contribution in [0.1, 0.15) is 66.3 Å². The van der Waals surface area contributed by atoms with Crippen molar-refractivity contribution in [3.63, 3.8) is 0 Å². The van der Waals surface area contributed by atoms with Gasteiger partial charge in [0, 0.05) is 55.8 Å². The molecule has 0 saturated carbocycles. The lowest BCUT2D eigenvalue weighted by Gasteiger charge is -2.36. The van der Waals surface area contributed by atoms with Crippen molar-refractivity contribution in [3.8, 4) is 17.2 Å². The lowest BCUT2D eigenvalue weighted by atomic mass is 10.0. The summed E-state index contributed by atoms with van der Waals surface area (Å²) in [5, 5.41) is 13.1. The van der Waals surface area contributed by atoms with Crippen LogP contribution in [0.25, 0.3) is 0 Å². The van der Waals surface area contributed by atoms with Crippen molar-refractivity contribution >= 4 is 17.5 Å². The maximum atomic E-state index is 14.4. The van der Waals surface area contributed by atoms with Crippen molar-refractivity contribution in [2.75, 3.05) is 45.5 Å². The van der Waals surface area contributed by atoms with Crippen molar-refractivity contribution in [1.29, 1.82) is 0 Å². The highest BCUT2D eigenvalue weighted by atomic mass is 16.7. The highest BCUT2D eigenvalue weighted by Gasteiger charge is 2.30. The number of hydrogen-bond acceptors (Lipinski definition) is 9. The summed E-state index contributed by atoms with van der Waals surface area (Å²) in [5.74, 6) is 1.29. The number of carbonyl (C=O) groups is 2. The summed E-state index contributed by atoms with van der Waals surface area (Å²) in [6, 6.07) is 13.9. The molecule has 47 heavy (non-hydrogen) atoms. The normalized spacial score (nSPS) is 21.0.